The van der Waals surface area contributed by atoms with Gasteiger partial charge in [0.1, 0.15) is 0 Å². The molecule has 0 aromatic rings. The van der Waals surface area contributed by atoms with Gasteiger partial charge in [0, 0.05) is 0 Å². The molecule has 86 valence electrons. The van der Waals surface area contributed by atoms with Crippen LogP contribution in [0, 0.1) is 17.8 Å². The molecule has 3 atom stereocenters. The first kappa shape index (κ1) is 11.2. The molecular weight excluding hydrogens is 184 g/mol. The summed E-state index contributed by atoms with van der Waals surface area (Å²) in [5.41, 5.74) is 0.961. The summed E-state index contributed by atoms with van der Waals surface area (Å²) >= 11 is 0. The zero-order valence-corrected chi connectivity index (χ0v) is 10.1. The summed E-state index contributed by atoms with van der Waals surface area (Å²) in [5, 5.41) is 10.1. The van der Waals surface area contributed by atoms with Gasteiger partial charge in [-0.25, -0.2) is 0 Å². The van der Waals surface area contributed by atoms with E-state index in [0.29, 0.717) is 11.8 Å². The molecule has 0 bridgehead atoms. The fourth-order valence-corrected chi connectivity index (χ4v) is 3.50. The lowest BCUT2D eigenvalue weighted by atomic mass is 9.63. The zero-order chi connectivity index (χ0) is 11.1. The van der Waals surface area contributed by atoms with Gasteiger partial charge in [0.15, 0.2) is 0 Å². The van der Waals surface area contributed by atoms with E-state index < -0.39 is 5.60 Å². The third-order valence-corrected chi connectivity index (χ3v) is 4.59. The van der Waals surface area contributed by atoms with E-state index in [1.165, 1.54) is 44.1 Å². The quantitative estimate of drug-likeness (QED) is 0.654. The lowest BCUT2D eigenvalue weighted by Crippen LogP contribution is -2.39. The van der Waals surface area contributed by atoms with Crippen LogP contribution in [0.4, 0.5) is 0 Å². The van der Waals surface area contributed by atoms with E-state index in [0.717, 1.165) is 5.92 Å². The molecular formula is C14H24O. The third kappa shape index (κ3) is 2.28. The highest BCUT2D eigenvalue weighted by Crippen LogP contribution is 2.47. The summed E-state index contributed by atoms with van der Waals surface area (Å²) in [6.07, 6.45) is 7.64. The highest BCUT2D eigenvalue weighted by atomic mass is 16.3. The smallest absolute Gasteiger partial charge is 0.0620 e. The van der Waals surface area contributed by atoms with E-state index in [1.54, 1.807) is 0 Å². The first-order valence-electron chi connectivity index (χ1n) is 6.38. The number of hydrogen-bond donors (Lipinski definition) is 1. The molecule has 0 radical (unpaired) electrons. The normalized spacial score (nSPS) is 37.5. The van der Waals surface area contributed by atoms with Gasteiger partial charge in [-0.1, -0.05) is 12.2 Å². The summed E-state index contributed by atoms with van der Waals surface area (Å²) in [4.78, 5) is 0. The van der Waals surface area contributed by atoms with Crippen LogP contribution in [-0.2, 0) is 0 Å². The molecule has 2 aliphatic rings. The van der Waals surface area contributed by atoms with Crippen molar-refractivity contribution in [1.82, 2.24) is 0 Å². The number of rotatable bonds is 1. The molecule has 2 saturated carbocycles. The average Bonchev–Trinajstić information content (AvgIpc) is 2.16. The van der Waals surface area contributed by atoms with Gasteiger partial charge >= 0.3 is 0 Å². The molecule has 1 N–H and O–H groups in total. The predicted molar refractivity (Wildman–Crippen MR) is 63.6 cm³/mol. The minimum atomic E-state index is -0.497. The van der Waals surface area contributed by atoms with Crippen molar-refractivity contribution in [2.45, 2.75) is 58.0 Å². The summed E-state index contributed by atoms with van der Waals surface area (Å²) < 4.78 is 0. The molecule has 0 saturated heterocycles. The van der Waals surface area contributed by atoms with Crippen LogP contribution in [0.2, 0.25) is 0 Å². The van der Waals surface area contributed by atoms with E-state index in [4.69, 9.17) is 0 Å². The van der Waals surface area contributed by atoms with Crippen molar-refractivity contribution in [3.63, 3.8) is 0 Å². The molecule has 3 unspecified atom stereocenters. The molecule has 2 aliphatic carbocycles. The first-order valence-corrected chi connectivity index (χ1v) is 6.38. The molecule has 15 heavy (non-hydrogen) atoms. The SMILES string of the molecule is C=C1CCCC2CCC(C(C)(C)O)CC12. The summed E-state index contributed by atoms with van der Waals surface area (Å²) in [6.45, 7) is 8.16. The second kappa shape index (κ2) is 3.93. The highest BCUT2D eigenvalue weighted by molar-refractivity contribution is 5.09. The molecule has 0 amide bonds. The third-order valence-electron chi connectivity index (χ3n) is 4.59. The lowest BCUT2D eigenvalue weighted by Gasteiger charge is -2.44. The molecule has 1 nitrogen and oxygen atoms in total. The standard InChI is InChI=1S/C14H24O/c1-10-5-4-6-11-7-8-12(9-13(10)11)14(2,3)15/h11-13,15H,1,4-9H2,2-3H3. The Morgan fingerprint density at radius 3 is 2.67 bits per heavy atom. The monoisotopic (exact) mass is 208 g/mol. The minimum Gasteiger partial charge on any atom is -0.390 e. The van der Waals surface area contributed by atoms with Crippen LogP contribution in [0.1, 0.15) is 52.4 Å². The number of allylic oxidation sites excluding steroid dienone is 1. The molecule has 2 fully saturated rings. The van der Waals surface area contributed by atoms with Gasteiger partial charge in [0.2, 0.25) is 0 Å². The molecule has 2 rings (SSSR count). The van der Waals surface area contributed by atoms with Gasteiger partial charge in [-0.05, 0) is 70.1 Å². The van der Waals surface area contributed by atoms with Gasteiger partial charge in [-0.3, -0.25) is 0 Å². The Kier molecular flexibility index (Phi) is 2.94. The van der Waals surface area contributed by atoms with Crippen molar-refractivity contribution in [2.75, 3.05) is 0 Å². The van der Waals surface area contributed by atoms with E-state index in [2.05, 4.69) is 6.58 Å². The Hall–Kier alpha value is -0.300. The van der Waals surface area contributed by atoms with Crippen LogP contribution in [0.15, 0.2) is 12.2 Å². The van der Waals surface area contributed by atoms with Gasteiger partial charge in [0.05, 0.1) is 5.60 Å². The molecule has 0 spiro atoms. The summed E-state index contributed by atoms with van der Waals surface area (Å²) in [6, 6.07) is 0. The van der Waals surface area contributed by atoms with Gasteiger partial charge < -0.3 is 5.11 Å². The second-order valence-electron chi connectivity index (χ2n) is 6.08. The largest absolute Gasteiger partial charge is 0.390 e. The van der Waals surface area contributed by atoms with Crippen molar-refractivity contribution in [2.24, 2.45) is 17.8 Å². The van der Waals surface area contributed by atoms with E-state index >= 15 is 0 Å². The maximum Gasteiger partial charge on any atom is 0.0620 e. The van der Waals surface area contributed by atoms with Crippen molar-refractivity contribution in [1.29, 1.82) is 0 Å². The van der Waals surface area contributed by atoms with Crippen molar-refractivity contribution >= 4 is 0 Å². The molecule has 0 aromatic carbocycles. The summed E-state index contributed by atoms with van der Waals surface area (Å²) in [5.74, 6) is 2.07. The van der Waals surface area contributed by atoms with Crippen LogP contribution in [0.5, 0.6) is 0 Å². The zero-order valence-electron chi connectivity index (χ0n) is 10.1. The van der Waals surface area contributed by atoms with E-state index in [-0.39, 0.29) is 0 Å². The Balaban J connectivity index is 2.05. The maximum atomic E-state index is 10.1. The number of hydrogen-bond acceptors (Lipinski definition) is 1. The van der Waals surface area contributed by atoms with Crippen LogP contribution in [-0.4, -0.2) is 10.7 Å². The minimum absolute atomic E-state index is 0.480. The Labute approximate surface area is 93.6 Å². The van der Waals surface area contributed by atoms with Crippen LogP contribution in [0.3, 0.4) is 0 Å². The number of aliphatic hydroxyl groups is 1. The van der Waals surface area contributed by atoms with Gasteiger partial charge in [-0.15, -0.1) is 0 Å². The van der Waals surface area contributed by atoms with Crippen molar-refractivity contribution < 1.29 is 5.11 Å². The Morgan fingerprint density at radius 2 is 2.00 bits per heavy atom. The van der Waals surface area contributed by atoms with E-state index in [9.17, 15) is 5.11 Å². The fourth-order valence-electron chi connectivity index (χ4n) is 3.50. The van der Waals surface area contributed by atoms with Gasteiger partial charge in [0.25, 0.3) is 0 Å². The first-order chi connectivity index (χ1) is 6.98. The fraction of sp³-hybridized carbons (Fsp3) is 0.857. The molecule has 1 heteroatoms. The lowest BCUT2D eigenvalue weighted by molar-refractivity contribution is -0.0195. The van der Waals surface area contributed by atoms with Crippen LogP contribution >= 0.6 is 0 Å². The highest BCUT2D eigenvalue weighted by Gasteiger charge is 2.38. The van der Waals surface area contributed by atoms with Crippen molar-refractivity contribution in [3.8, 4) is 0 Å². The van der Waals surface area contributed by atoms with Crippen LogP contribution < -0.4 is 0 Å². The maximum absolute atomic E-state index is 10.1. The topological polar surface area (TPSA) is 20.2 Å². The van der Waals surface area contributed by atoms with Crippen LogP contribution in [0.25, 0.3) is 0 Å². The second-order valence-corrected chi connectivity index (χ2v) is 6.08. The predicted octanol–water partition coefficient (Wildman–Crippen LogP) is 3.53. The average molecular weight is 208 g/mol. The molecule has 0 heterocycles. The Bertz CT molecular complexity index is 249. The molecule has 0 aromatic heterocycles. The van der Waals surface area contributed by atoms with Gasteiger partial charge in [-0.2, -0.15) is 0 Å². The van der Waals surface area contributed by atoms with E-state index in [1.807, 2.05) is 13.8 Å². The molecule has 0 aliphatic heterocycles. The Morgan fingerprint density at radius 1 is 1.27 bits per heavy atom. The number of fused-ring (bicyclic) bond motifs is 1. The van der Waals surface area contributed by atoms with Crippen molar-refractivity contribution in [3.05, 3.63) is 12.2 Å². The summed E-state index contributed by atoms with van der Waals surface area (Å²) in [7, 11) is 0.